The highest BCUT2D eigenvalue weighted by molar-refractivity contribution is 5.98. The molecule has 0 unspecified atom stereocenters. The lowest BCUT2D eigenvalue weighted by atomic mass is 10.0. The minimum absolute atomic E-state index is 0.0587. The topological polar surface area (TPSA) is 144 Å². The lowest BCUT2D eigenvalue weighted by Gasteiger charge is -2.21. The number of rotatable bonds is 6. The van der Waals surface area contributed by atoms with Gasteiger partial charge in [-0.2, -0.15) is 0 Å². The van der Waals surface area contributed by atoms with Gasteiger partial charge in [-0.25, -0.2) is 0 Å². The van der Waals surface area contributed by atoms with Crippen molar-refractivity contribution in [1.82, 2.24) is 16.2 Å². The Labute approximate surface area is 154 Å². The van der Waals surface area contributed by atoms with E-state index in [4.69, 9.17) is 4.42 Å². The Morgan fingerprint density at radius 2 is 1.70 bits per heavy atom. The fraction of sp³-hybridized carbons (Fsp3) is 0.235. The van der Waals surface area contributed by atoms with Gasteiger partial charge in [-0.3, -0.25) is 35.3 Å². The zero-order valence-electron chi connectivity index (χ0n) is 14.6. The van der Waals surface area contributed by atoms with Crippen LogP contribution in [0.1, 0.15) is 34.8 Å². The summed E-state index contributed by atoms with van der Waals surface area (Å²) in [5.41, 5.74) is 4.41. The van der Waals surface area contributed by atoms with E-state index >= 15 is 0 Å². The van der Waals surface area contributed by atoms with E-state index in [2.05, 4.69) is 16.2 Å². The monoisotopic (exact) mass is 374 g/mol. The van der Waals surface area contributed by atoms with Crippen LogP contribution in [0.2, 0.25) is 0 Å². The van der Waals surface area contributed by atoms with E-state index < -0.39 is 28.7 Å². The SMILES string of the molecule is CC(C)[C@H](NC(=O)c1ccco1)C(=O)NNC(=O)c1ccc([N+](=O)[O-])cc1. The van der Waals surface area contributed by atoms with E-state index in [9.17, 15) is 24.5 Å². The molecule has 2 rings (SSSR count). The fourth-order valence-corrected chi connectivity index (χ4v) is 2.16. The molecule has 1 aromatic carbocycles. The molecule has 0 radical (unpaired) electrons. The number of non-ortho nitro benzene ring substituents is 1. The number of hydrogen-bond donors (Lipinski definition) is 3. The molecule has 1 aromatic heterocycles. The summed E-state index contributed by atoms with van der Waals surface area (Å²) in [5.74, 6) is -2.04. The molecule has 0 bridgehead atoms. The summed E-state index contributed by atoms with van der Waals surface area (Å²) in [4.78, 5) is 46.4. The minimum Gasteiger partial charge on any atom is -0.459 e. The van der Waals surface area contributed by atoms with Crippen molar-refractivity contribution in [2.75, 3.05) is 0 Å². The first-order valence-corrected chi connectivity index (χ1v) is 7.98. The van der Waals surface area contributed by atoms with E-state index in [1.807, 2.05) is 0 Å². The first kappa shape index (κ1) is 19.6. The molecule has 2 aromatic rings. The molecular weight excluding hydrogens is 356 g/mol. The molecule has 0 saturated heterocycles. The summed E-state index contributed by atoms with van der Waals surface area (Å²) in [7, 11) is 0. The van der Waals surface area contributed by atoms with Gasteiger partial charge >= 0.3 is 0 Å². The molecule has 1 heterocycles. The van der Waals surface area contributed by atoms with Gasteiger partial charge in [0, 0.05) is 17.7 Å². The predicted octanol–water partition coefficient (Wildman–Crippen LogP) is 1.40. The number of nitro benzene ring substituents is 1. The summed E-state index contributed by atoms with van der Waals surface area (Å²) in [6, 6.07) is 6.97. The van der Waals surface area contributed by atoms with Crippen molar-refractivity contribution in [2.45, 2.75) is 19.9 Å². The van der Waals surface area contributed by atoms with Crippen LogP contribution in [0.4, 0.5) is 5.69 Å². The Hall–Kier alpha value is -3.69. The van der Waals surface area contributed by atoms with E-state index in [0.717, 1.165) is 0 Å². The number of nitrogens with zero attached hydrogens (tertiary/aromatic N) is 1. The standard InChI is InChI=1S/C17H18N4O6/c1-10(2)14(18-16(23)13-4-3-9-27-13)17(24)20-19-15(22)11-5-7-12(8-6-11)21(25)26/h3-10,14H,1-2H3,(H,18,23)(H,19,22)(H,20,24)/t14-/m0/s1. The number of nitro groups is 1. The van der Waals surface area contributed by atoms with Crippen LogP contribution in [-0.2, 0) is 4.79 Å². The molecule has 3 amide bonds. The first-order valence-electron chi connectivity index (χ1n) is 7.98. The van der Waals surface area contributed by atoms with Crippen molar-refractivity contribution in [3.05, 3.63) is 64.1 Å². The molecule has 0 saturated carbocycles. The zero-order valence-corrected chi connectivity index (χ0v) is 14.6. The maximum Gasteiger partial charge on any atom is 0.287 e. The summed E-state index contributed by atoms with van der Waals surface area (Å²) in [6.07, 6.45) is 1.34. The highest BCUT2D eigenvalue weighted by Crippen LogP contribution is 2.11. The third-order valence-corrected chi connectivity index (χ3v) is 3.62. The van der Waals surface area contributed by atoms with Crippen LogP contribution in [0, 0.1) is 16.0 Å². The lowest BCUT2D eigenvalue weighted by molar-refractivity contribution is -0.384. The van der Waals surface area contributed by atoms with Gasteiger partial charge in [0.2, 0.25) is 0 Å². The molecule has 10 nitrogen and oxygen atoms in total. The second-order valence-electron chi connectivity index (χ2n) is 5.92. The van der Waals surface area contributed by atoms with Gasteiger partial charge in [0.05, 0.1) is 11.2 Å². The number of hydrogen-bond acceptors (Lipinski definition) is 6. The van der Waals surface area contributed by atoms with Gasteiger partial charge in [0.15, 0.2) is 5.76 Å². The number of carbonyl (C=O) groups is 3. The zero-order chi connectivity index (χ0) is 20.0. The van der Waals surface area contributed by atoms with Crippen LogP contribution in [0.3, 0.4) is 0 Å². The second kappa shape index (κ2) is 8.61. The van der Waals surface area contributed by atoms with Gasteiger partial charge in [0.25, 0.3) is 23.4 Å². The van der Waals surface area contributed by atoms with E-state index in [0.29, 0.717) is 0 Å². The Morgan fingerprint density at radius 1 is 1.04 bits per heavy atom. The molecule has 10 heteroatoms. The largest absolute Gasteiger partial charge is 0.459 e. The molecular formula is C17H18N4O6. The molecule has 0 spiro atoms. The minimum atomic E-state index is -0.917. The Bertz CT molecular complexity index is 830. The highest BCUT2D eigenvalue weighted by Gasteiger charge is 2.26. The Kier molecular flexibility index (Phi) is 6.26. The van der Waals surface area contributed by atoms with Crippen LogP contribution < -0.4 is 16.2 Å². The molecule has 27 heavy (non-hydrogen) atoms. The molecule has 3 N–H and O–H groups in total. The molecule has 0 fully saturated rings. The second-order valence-corrected chi connectivity index (χ2v) is 5.92. The summed E-state index contributed by atoms with van der Waals surface area (Å²) < 4.78 is 4.98. The van der Waals surface area contributed by atoms with Crippen molar-refractivity contribution >= 4 is 23.4 Å². The van der Waals surface area contributed by atoms with Crippen LogP contribution >= 0.6 is 0 Å². The van der Waals surface area contributed by atoms with E-state index in [1.54, 1.807) is 19.9 Å². The molecule has 1 atom stereocenters. The highest BCUT2D eigenvalue weighted by atomic mass is 16.6. The number of benzene rings is 1. The quantitative estimate of drug-likeness (QED) is 0.515. The van der Waals surface area contributed by atoms with Gasteiger partial charge in [-0.15, -0.1) is 0 Å². The van der Waals surface area contributed by atoms with Crippen molar-refractivity contribution in [3.8, 4) is 0 Å². The summed E-state index contributed by atoms with van der Waals surface area (Å²) in [5, 5.41) is 13.1. The Balaban J connectivity index is 1.95. The van der Waals surface area contributed by atoms with E-state index in [1.165, 1.54) is 36.6 Å². The maximum absolute atomic E-state index is 12.3. The molecule has 0 aliphatic carbocycles. The predicted molar refractivity (Wildman–Crippen MR) is 93.5 cm³/mol. The van der Waals surface area contributed by atoms with Crippen molar-refractivity contribution in [3.63, 3.8) is 0 Å². The van der Waals surface area contributed by atoms with E-state index in [-0.39, 0.29) is 22.9 Å². The Morgan fingerprint density at radius 3 is 2.22 bits per heavy atom. The smallest absolute Gasteiger partial charge is 0.287 e. The lowest BCUT2D eigenvalue weighted by Crippen LogP contribution is -2.54. The van der Waals surface area contributed by atoms with Gasteiger partial charge in [-0.1, -0.05) is 13.8 Å². The third kappa shape index (κ3) is 5.14. The van der Waals surface area contributed by atoms with Crippen LogP contribution in [-0.4, -0.2) is 28.7 Å². The van der Waals surface area contributed by atoms with Gasteiger partial charge in [0.1, 0.15) is 6.04 Å². The number of amides is 3. The molecule has 0 aliphatic rings. The first-order chi connectivity index (χ1) is 12.8. The van der Waals surface area contributed by atoms with Crippen molar-refractivity contribution in [1.29, 1.82) is 0 Å². The molecule has 142 valence electrons. The number of carbonyl (C=O) groups excluding carboxylic acids is 3. The van der Waals surface area contributed by atoms with Crippen LogP contribution in [0.25, 0.3) is 0 Å². The summed E-state index contributed by atoms with van der Waals surface area (Å²) >= 11 is 0. The van der Waals surface area contributed by atoms with Crippen molar-refractivity contribution in [2.24, 2.45) is 5.92 Å². The molecule has 0 aliphatic heterocycles. The van der Waals surface area contributed by atoms with Crippen LogP contribution in [0.15, 0.2) is 47.1 Å². The summed E-state index contributed by atoms with van der Waals surface area (Å²) in [6.45, 7) is 3.45. The van der Waals surface area contributed by atoms with Crippen molar-refractivity contribution < 1.29 is 23.7 Å². The normalized spacial score (nSPS) is 11.5. The number of nitrogens with one attached hydrogen (secondary N) is 3. The fourth-order valence-electron chi connectivity index (χ4n) is 2.16. The average molecular weight is 374 g/mol. The van der Waals surface area contributed by atoms with Gasteiger partial charge in [-0.05, 0) is 30.2 Å². The number of hydrazine groups is 1. The third-order valence-electron chi connectivity index (χ3n) is 3.62. The van der Waals surface area contributed by atoms with Gasteiger partial charge < -0.3 is 9.73 Å². The average Bonchev–Trinajstić information content (AvgIpc) is 3.18. The maximum atomic E-state index is 12.3. The van der Waals surface area contributed by atoms with Crippen LogP contribution in [0.5, 0.6) is 0 Å². The number of furan rings is 1.